The molecule has 0 radical (unpaired) electrons. The van der Waals surface area contributed by atoms with E-state index in [1.54, 1.807) is 0 Å². The Bertz CT molecular complexity index is 1070. The summed E-state index contributed by atoms with van der Waals surface area (Å²) in [6.45, 7) is 6.33. The fourth-order valence-corrected chi connectivity index (χ4v) is 3.46. The van der Waals surface area contributed by atoms with E-state index < -0.39 is 0 Å². The van der Waals surface area contributed by atoms with Gasteiger partial charge >= 0.3 is 0 Å². The first-order valence-electron chi connectivity index (χ1n) is 9.25. The average molecular weight is 395 g/mol. The second-order valence-electron chi connectivity index (χ2n) is 6.81. The molecule has 28 heavy (non-hydrogen) atoms. The van der Waals surface area contributed by atoms with Gasteiger partial charge in [0.05, 0.1) is 0 Å². The molecule has 1 amide bonds. The van der Waals surface area contributed by atoms with Crippen LogP contribution in [0.5, 0.6) is 0 Å². The minimum atomic E-state index is -0.374. The third kappa shape index (κ3) is 4.18. The Balaban J connectivity index is 2.03. The molecule has 2 aromatic carbocycles. The van der Waals surface area contributed by atoms with Crippen molar-refractivity contribution in [1.29, 1.82) is 0 Å². The standard InChI is InChI=1S/C23H23ClN2O2/c1-4-20-22(23(28)25-19-8-6-5-7-15(19)2)21(27)13-16(3)26(20)14-17-9-11-18(24)12-10-17/h5-13H,4,14H2,1-3H3,(H,25,28). The fraction of sp³-hybridized carbons (Fsp3) is 0.217. The summed E-state index contributed by atoms with van der Waals surface area (Å²) in [4.78, 5) is 25.7. The number of anilines is 1. The van der Waals surface area contributed by atoms with Crippen LogP contribution < -0.4 is 10.7 Å². The van der Waals surface area contributed by atoms with Gasteiger partial charge in [0.1, 0.15) is 5.56 Å². The first-order valence-corrected chi connectivity index (χ1v) is 9.63. The molecular weight excluding hydrogens is 372 g/mol. The van der Waals surface area contributed by atoms with Crippen molar-refractivity contribution >= 4 is 23.2 Å². The van der Waals surface area contributed by atoms with Crippen molar-refractivity contribution in [2.75, 3.05) is 5.32 Å². The molecule has 0 spiro atoms. The fourth-order valence-electron chi connectivity index (χ4n) is 3.33. The Kier molecular flexibility index (Phi) is 6.00. The predicted octanol–water partition coefficient (Wildman–Crippen LogP) is 4.98. The van der Waals surface area contributed by atoms with Gasteiger partial charge in [0.25, 0.3) is 5.91 Å². The van der Waals surface area contributed by atoms with Gasteiger partial charge in [-0.25, -0.2) is 0 Å². The number of hydrogen-bond donors (Lipinski definition) is 1. The van der Waals surface area contributed by atoms with E-state index in [-0.39, 0.29) is 16.9 Å². The number of benzene rings is 2. The number of rotatable bonds is 5. The quantitative estimate of drug-likeness (QED) is 0.663. The van der Waals surface area contributed by atoms with Crippen molar-refractivity contribution in [2.45, 2.75) is 33.7 Å². The topological polar surface area (TPSA) is 51.1 Å². The minimum Gasteiger partial charge on any atom is -0.343 e. The molecule has 3 rings (SSSR count). The van der Waals surface area contributed by atoms with Crippen molar-refractivity contribution < 1.29 is 4.79 Å². The van der Waals surface area contributed by atoms with Gasteiger partial charge in [-0.2, -0.15) is 0 Å². The number of nitrogens with zero attached hydrogens (tertiary/aromatic N) is 1. The molecule has 0 aliphatic rings. The normalized spacial score (nSPS) is 10.7. The van der Waals surface area contributed by atoms with Gasteiger partial charge in [-0.05, 0) is 49.6 Å². The maximum absolute atomic E-state index is 13.0. The van der Waals surface area contributed by atoms with Gasteiger partial charge < -0.3 is 9.88 Å². The maximum Gasteiger partial charge on any atom is 0.261 e. The summed E-state index contributed by atoms with van der Waals surface area (Å²) in [5.41, 5.74) is 4.20. The molecular formula is C23H23ClN2O2. The Labute approximate surface area is 169 Å². The Morgan fingerprint density at radius 3 is 2.39 bits per heavy atom. The number of aromatic nitrogens is 1. The molecule has 1 heterocycles. The number of para-hydroxylation sites is 1. The molecule has 0 aliphatic heterocycles. The number of halogens is 1. The number of amides is 1. The monoisotopic (exact) mass is 394 g/mol. The first-order chi connectivity index (χ1) is 13.4. The van der Waals surface area contributed by atoms with E-state index in [2.05, 4.69) is 5.32 Å². The van der Waals surface area contributed by atoms with Gasteiger partial charge in [0, 0.05) is 34.7 Å². The summed E-state index contributed by atoms with van der Waals surface area (Å²) >= 11 is 5.98. The molecule has 3 aromatic rings. The lowest BCUT2D eigenvalue weighted by molar-refractivity contribution is 0.102. The smallest absolute Gasteiger partial charge is 0.261 e. The summed E-state index contributed by atoms with van der Waals surface area (Å²) in [6.07, 6.45) is 0.570. The minimum absolute atomic E-state index is 0.199. The van der Waals surface area contributed by atoms with E-state index in [0.29, 0.717) is 23.7 Å². The second kappa shape index (κ2) is 8.44. The summed E-state index contributed by atoms with van der Waals surface area (Å²) in [7, 11) is 0. The number of carbonyl (C=O) groups is 1. The van der Waals surface area contributed by atoms with Gasteiger partial charge in [-0.15, -0.1) is 0 Å². The Morgan fingerprint density at radius 1 is 1.07 bits per heavy atom. The van der Waals surface area contributed by atoms with Crippen LogP contribution in [0, 0.1) is 13.8 Å². The SMILES string of the molecule is CCc1c(C(=O)Nc2ccccc2C)c(=O)cc(C)n1Cc1ccc(Cl)cc1. The van der Waals surface area contributed by atoms with E-state index in [0.717, 1.165) is 22.5 Å². The highest BCUT2D eigenvalue weighted by Gasteiger charge is 2.20. The van der Waals surface area contributed by atoms with Crippen LogP contribution in [0.15, 0.2) is 59.4 Å². The molecule has 1 N–H and O–H groups in total. The highest BCUT2D eigenvalue weighted by atomic mass is 35.5. The van der Waals surface area contributed by atoms with Crippen LogP contribution in [-0.4, -0.2) is 10.5 Å². The van der Waals surface area contributed by atoms with Crippen LogP contribution in [0.2, 0.25) is 5.02 Å². The number of pyridine rings is 1. The molecule has 0 bridgehead atoms. The highest BCUT2D eigenvalue weighted by Crippen LogP contribution is 2.18. The van der Waals surface area contributed by atoms with Crippen molar-refractivity contribution in [3.8, 4) is 0 Å². The van der Waals surface area contributed by atoms with Crippen LogP contribution in [-0.2, 0) is 13.0 Å². The van der Waals surface area contributed by atoms with Crippen LogP contribution in [0.25, 0.3) is 0 Å². The molecule has 0 aliphatic carbocycles. The molecule has 4 nitrogen and oxygen atoms in total. The summed E-state index contributed by atoms with van der Waals surface area (Å²) in [6, 6.07) is 16.6. The maximum atomic E-state index is 13.0. The van der Waals surface area contributed by atoms with E-state index in [4.69, 9.17) is 11.6 Å². The number of aryl methyl sites for hydroxylation is 2. The first kappa shape index (κ1) is 19.9. The lowest BCUT2D eigenvalue weighted by atomic mass is 10.1. The summed E-state index contributed by atoms with van der Waals surface area (Å²) < 4.78 is 2.03. The van der Waals surface area contributed by atoms with Crippen LogP contribution >= 0.6 is 11.6 Å². The summed E-state index contributed by atoms with van der Waals surface area (Å²) in [5.74, 6) is -0.374. The van der Waals surface area contributed by atoms with Crippen molar-refractivity contribution in [3.63, 3.8) is 0 Å². The number of carbonyl (C=O) groups excluding carboxylic acids is 1. The molecule has 1 aromatic heterocycles. The van der Waals surface area contributed by atoms with E-state index in [1.807, 2.05) is 73.9 Å². The zero-order valence-corrected chi connectivity index (χ0v) is 17.0. The Hall–Kier alpha value is -2.85. The molecule has 0 saturated heterocycles. The molecule has 0 atom stereocenters. The molecule has 0 fully saturated rings. The third-order valence-corrected chi connectivity index (χ3v) is 5.09. The highest BCUT2D eigenvalue weighted by molar-refractivity contribution is 6.30. The molecule has 144 valence electrons. The average Bonchev–Trinajstić information content (AvgIpc) is 2.66. The Morgan fingerprint density at radius 2 is 1.75 bits per heavy atom. The van der Waals surface area contributed by atoms with Gasteiger partial charge in [-0.3, -0.25) is 9.59 Å². The van der Waals surface area contributed by atoms with Crippen LogP contribution in [0.4, 0.5) is 5.69 Å². The third-order valence-electron chi connectivity index (χ3n) is 4.84. The van der Waals surface area contributed by atoms with E-state index in [1.165, 1.54) is 6.07 Å². The van der Waals surface area contributed by atoms with Gasteiger partial charge in [-0.1, -0.05) is 48.9 Å². The van der Waals surface area contributed by atoms with Crippen LogP contribution in [0.3, 0.4) is 0 Å². The lowest BCUT2D eigenvalue weighted by Gasteiger charge is -2.19. The summed E-state index contributed by atoms with van der Waals surface area (Å²) in [5, 5.41) is 3.57. The van der Waals surface area contributed by atoms with Crippen molar-refractivity contribution in [2.24, 2.45) is 0 Å². The van der Waals surface area contributed by atoms with E-state index in [9.17, 15) is 9.59 Å². The van der Waals surface area contributed by atoms with Gasteiger partial charge in [0.15, 0.2) is 5.43 Å². The molecule has 5 heteroatoms. The number of hydrogen-bond acceptors (Lipinski definition) is 2. The zero-order valence-electron chi connectivity index (χ0n) is 16.3. The van der Waals surface area contributed by atoms with Crippen LogP contribution in [0.1, 0.15) is 39.8 Å². The zero-order chi connectivity index (χ0) is 20.3. The second-order valence-corrected chi connectivity index (χ2v) is 7.24. The lowest BCUT2D eigenvalue weighted by Crippen LogP contribution is -2.28. The van der Waals surface area contributed by atoms with Crippen molar-refractivity contribution in [1.82, 2.24) is 4.57 Å². The largest absolute Gasteiger partial charge is 0.343 e. The molecule has 0 unspecified atom stereocenters. The van der Waals surface area contributed by atoms with Gasteiger partial charge in [0.2, 0.25) is 0 Å². The predicted molar refractivity (Wildman–Crippen MR) is 115 cm³/mol. The van der Waals surface area contributed by atoms with E-state index >= 15 is 0 Å². The number of nitrogens with one attached hydrogen (secondary N) is 1. The van der Waals surface area contributed by atoms with Crippen molar-refractivity contribution in [3.05, 3.63) is 97.9 Å². The molecule has 0 saturated carbocycles.